The number of rotatable bonds is 4. The van der Waals surface area contributed by atoms with Gasteiger partial charge in [0, 0.05) is 43.3 Å². The van der Waals surface area contributed by atoms with Crippen LogP contribution in [0.15, 0.2) is 37.1 Å². The van der Waals surface area contributed by atoms with Gasteiger partial charge in [0.05, 0.1) is 6.26 Å². The van der Waals surface area contributed by atoms with Crippen LogP contribution >= 0.6 is 0 Å². The summed E-state index contributed by atoms with van der Waals surface area (Å²) in [7, 11) is -3.23. The zero-order chi connectivity index (χ0) is 17.2. The van der Waals surface area contributed by atoms with Crippen LogP contribution in [0.4, 0.5) is 0 Å². The molecule has 2 aromatic rings. The van der Waals surface area contributed by atoms with E-state index in [-0.39, 0.29) is 11.9 Å². The minimum Gasteiger partial charge on any atom is -0.348 e. The molecule has 0 radical (unpaired) electrons. The molecule has 0 bridgehead atoms. The fourth-order valence-corrected chi connectivity index (χ4v) is 3.64. The summed E-state index contributed by atoms with van der Waals surface area (Å²) in [5.41, 5.74) is 0.477. The molecule has 2 aromatic heterocycles. The summed E-state index contributed by atoms with van der Waals surface area (Å²) in [4.78, 5) is 20.6. The predicted octanol–water partition coefficient (Wildman–Crippen LogP) is 0.421. The molecule has 1 N–H and O–H groups in total. The summed E-state index contributed by atoms with van der Waals surface area (Å²) in [5.74, 6) is 0.362. The first-order valence-electron chi connectivity index (χ1n) is 7.64. The second kappa shape index (κ2) is 6.70. The minimum absolute atomic E-state index is 0.189. The molecule has 8 nitrogen and oxygen atoms in total. The van der Waals surface area contributed by atoms with E-state index in [1.165, 1.54) is 10.6 Å². The molecule has 1 fully saturated rings. The van der Waals surface area contributed by atoms with Crippen molar-refractivity contribution in [3.63, 3.8) is 0 Å². The van der Waals surface area contributed by atoms with Crippen molar-refractivity contribution in [3.8, 4) is 5.82 Å². The predicted molar refractivity (Wildman–Crippen MR) is 88.3 cm³/mol. The van der Waals surface area contributed by atoms with Crippen molar-refractivity contribution in [1.82, 2.24) is 24.2 Å². The van der Waals surface area contributed by atoms with Crippen molar-refractivity contribution in [2.24, 2.45) is 0 Å². The second-order valence-corrected chi connectivity index (χ2v) is 7.79. The molecule has 1 aliphatic heterocycles. The smallest absolute Gasteiger partial charge is 0.251 e. The Morgan fingerprint density at radius 2 is 2.21 bits per heavy atom. The van der Waals surface area contributed by atoms with Gasteiger partial charge >= 0.3 is 0 Å². The molecular formula is C15H19N5O3S. The van der Waals surface area contributed by atoms with Gasteiger partial charge in [0.15, 0.2) is 0 Å². The van der Waals surface area contributed by atoms with Crippen LogP contribution in [0.5, 0.6) is 0 Å². The normalized spacial score (nSPS) is 19.1. The van der Waals surface area contributed by atoms with E-state index in [0.717, 1.165) is 12.8 Å². The maximum atomic E-state index is 12.5. The Kier molecular flexibility index (Phi) is 4.63. The number of hydrogen-bond donors (Lipinski definition) is 1. The van der Waals surface area contributed by atoms with E-state index in [1.54, 1.807) is 41.6 Å². The molecule has 1 atom stereocenters. The van der Waals surface area contributed by atoms with E-state index in [9.17, 15) is 13.2 Å². The van der Waals surface area contributed by atoms with Gasteiger partial charge in [-0.1, -0.05) is 0 Å². The number of imidazole rings is 1. The van der Waals surface area contributed by atoms with E-state index in [1.807, 2.05) is 0 Å². The average Bonchev–Trinajstić information content (AvgIpc) is 3.09. The third-order valence-electron chi connectivity index (χ3n) is 3.96. The quantitative estimate of drug-likeness (QED) is 0.863. The summed E-state index contributed by atoms with van der Waals surface area (Å²) in [6, 6.07) is 3.12. The number of nitrogens with one attached hydrogen (secondary N) is 1. The molecule has 0 aliphatic carbocycles. The van der Waals surface area contributed by atoms with Gasteiger partial charge in [-0.2, -0.15) is 0 Å². The van der Waals surface area contributed by atoms with Gasteiger partial charge in [-0.15, -0.1) is 0 Å². The lowest BCUT2D eigenvalue weighted by molar-refractivity contribution is 0.0921. The van der Waals surface area contributed by atoms with Gasteiger partial charge in [-0.3, -0.25) is 9.36 Å². The van der Waals surface area contributed by atoms with Crippen molar-refractivity contribution >= 4 is 15.9 Å². The number of aromatic nitrogens is 3. The third-order valence-corrected chi connectivity index (χ3v) is 5.23. The number of carbonyl (C=O) groups is 1. The van der Waals surface area contributed by atoms with Gasteiger partial charge in [0.2, 0.25) is 10.0 Å². The zero-order valence-electron chi connectivity index (χ0n) is 13.3. The number of nitrogens with zero attached hydrogens (tertiary/aromatic N) is 4. The Labute approximate surface area is 140 Å². The Hall–Kier alpha value is -2.26. The summed E-state index contributed by atoms with van der Waals surface area (Å²) >= 11 is 0. The molecule has 0 saturated carbocycles. The molecule has 1 saturated heterocycles. The van der Waals surface area contributed by atoms with Crippen LogP contribution in [0.2, 0.25) is 0 Å². The van der Waals surface area contributed by atoms with E-state index < -0.39 is 10.0 Å². The van der Waals surface area contributed by atoms with Crippen molar-refractivity contribution in [2.45, 2.75) is 18.9 Å². The van der Waals surface area contributed by atoms with Crippen LogP contribution in [0.3, 0.4) is 0 Å². The lowest BCUT2D eigenvalue weighted by atomic mass is 10.1. The molecule has 0 aromatic carbocycles. The Morgan fingerprint density at radius 3 is 2.92 bits per heavy atom. The fraction of sp³-hybridized carbons (Fsp3) is 0.400. The summed E-state index contributed by atoms with van der Waals surface area (Å²) in [5, 5.41) is 2.91. The van der Waals surface area contributed by atoms with E-state index >= 15 is 0 Å². The molecule has 3 rings (SSSR count). The molecule has 1 aliphatic rings. The van der Waals surface area contributed by atoms with E-state index in [0.29, 0.717) is 24.5 Å². The summed E-state index contributed by atoms with van der Waals surface area (Å²) < 4.78 is 26.4. The first-order chi connectivity index (χ1) is 11.4. The van der Waals surface area contributed by atoms with Crippen LogP contribution in [-0.4, -0.2) is 58.6 Å². The number of sulfonamides is 1. The maximum Gasteiger partial charge on any atom is 0.251 e. The van der Waals surface area contributed by atoms with Crippen LogP contribution in [0.1, 0.15) is 23.2 Å². The lowest BCUT2D eigenvalue weighted by Gasteiger charge is -2.31. The molecule has 9 heteroatoms. The summed E-state index contributed by atoms with van der Waals surface area (Å²) in [6.45, 7) is 0.815. The topological polar surface area (TPSA) is 97.2 Å². The molecule has 3 heterocycles. The first kappa shape index (κ1) is 16.6. The monoisotopic (exact) mass is 349 g/mol. The van der Waals surface area contributed by atoms with Gasteiger partial charge in [-0.25, -0.2) is 22.7 Å². The maximum absolute atomic E-state index is 12.5. The molecule has 0 unspecified atom stereocenters. The van der Waals surface area contributed by atoms with Crippen molar-refractivity contribution in [1.29, 1.82) is 0 Å². The second-order valence-electron chi connectivity index (χ2n) is 5.81. The number of hydrogen-bond acceptors (Lipinski definition) is 5. The van der Waals surface area contributed by atoms with E-state index in [2.05, 4.69) is 15.3 Å². The first-order valence-corrected chi connectivity index (χ1v) is 9.49. The number of carbonyl (C=O) groups excluding carboxylic acids is 1. The lowest BCUT2D eigenvalue weighted by Crippen LogP contribution is -2.49. The van der Waals surface area contributed by atoms with Crippen LogP contribution in [-0.2, 0) is 10.0 Å². The Morgan fingerprint density at radius 1 is 1.38 bits per heavy atom. The molecule has 24 heavy (non-hydrogen) atoms. The van der Waals surface area contributed by atoms with Crippen LogP contribution in [0.25, 0.3) is 5.82 Å². The van der Waals surface area contributed by atoms with Crippen LogP contribution in [0, 0.1) is 0 Å². The highest BCUT2D eigenvalue weighted by atomic mass is 32.2. The van der Waals surface area contributed by atoms with Crippen molar-refractivity contribution in [2.75, 3.05) is 19.3 Å². The highest BCUT2D eigenvalue weighted by molar-refractivity contribution is 7.88. The highest BCUT2D eigenvalue weighted by Crippen LogP contribution is 2.14. The summed E-state index contributed by atoms with van der Waals surface area (Å²) in [6.07, 6.45) is 9.23. The molecule has 0 spiro atoms. The largest absolute Gasteiger partial charge is 0.348 e. The number of piperidine rings is 1. The van der Waals surface area contributed by atoms with Crippen LogP contribution < -0.4 is 5.32 Å². The minimum atomic E-state index is -3.23. The fourth-order valence-electron chi connectivity index (χ4n) is 2.73. The Bertz CT molecular complexity index is 819. The molecular weight excluding hydrogens is 330 g/mol. The third kappa shape index (κ3) is 3.80. The van der Waals surface area contributed by atoms with E-state index in [4.69, 9.17) is 0 Å². The molecule has 1 amide bonds. The van der Waals surface area contributed by atoms with Crippen molar-refractivity contribution in [3.05, 3.63) is 42.6 Å². The number of amides is 1. The van der Waals surface area contributed by atoms with Crippen molar-refractivity contribution < 1.29 is 13.2 Å². The van der Waals surface area contributed by atoms with Gasteiger partial charge in [0.25, 0.3) is 5.91 Å². The number of pyridine rings is 1. The average molecular weight is 349 g/mol. The van der Waals surface area contributed by atoms with Gasteiger partial charge in [-0.05, 0) is 25.0 Å². The van der Waals surface area contributed by atoms with Gasteiger partial charge < -0.3 is 5.32 Å². The zero-order valence-corrected chi connectivity index (χ0v) is 14.1. The highest BCUT2D eigenvalue weighted by Gasteiger charge is 2.27. The Balaban J connectivity index is 1.70. The standard InChI is InChI=1S/C15H19N5O3S/c1-24(22,23)20-7-2-3-13(10-20)18-15(21)12-4-5-17-14(9-12)19-8-6-16-11-19/h4-6,8-9,11,13H,2-3,7,10H2,1H3,(H,18,21)/t13-/m1/s1. The van der Waals surface area contributed by atoms with Gasteiger partial charge in [0.1, 0.15) is 12.1 Å². The SMILES string of the molecule is CS(=O)(=O)N1CCC[C@@H](NC(=O)c2ccnc(-n3ccnc3)c2)C1. The molecule has 128 valence electrons.